The number of benzene rings is 1. The summed E-state index contributed by atoms with van der Waals surface area (Å²) in [6.45, 7) is 3.72. The van der Waals surface area contributed by atoms with Crippen molar-refractivity contribution in [1.29, 1.82) is 0 Å². The minimum atomic E-state index is -0.0626. The molecule has 0 radical (unpaired) electrons. The summed E-state index contributed by atoms with van der Waals surface area (Å²) in [4.78, 5) is 38.8. The molecule has 0 N–H and O–H groups in total. The van der Waals surface area contributed by atoms with Crippen molar-refractivity contribution in [3.8, 4) is 0 Å². The Hall–Kier alpha value is -1.88. The minimum absolute atomic E-state index is 0.0324. The molecule has 0 saturated carbocycles. The molecule has 22 heavy (non-hydrogen) atoms. The topological polar surface area (TPSA) is 57.7 Å². The van der Waals surface area contributed by atoms with E-state index in [0.29, 0.717) is 36.8 Å². The van der Waals surface area contributed by atoms with Crippen molar-refractivity contribution in [2.24, 2.45) is 0 Å². The van der Waals surface area contributed by atoms with Crippen LogP contribution in [0.2, 0.25) is 5.02 Å². The predicted molar refractivity (Wildman–Crippen MR) is 83.9 cm³/mol. The number of nitrogens with zero attached hydrogens (tertiary/aromatic N) is 2. The van der Waals surface area contributed by atoms with E-state index in [1.165, 1.54) is 6.92 Å². The van der Waals surface area contributed by atoms with Gasteiger partial charge in [0.2, 0.25) is 11.8 Å². The zero-order valence-electron chi connectivity index (χ0n) is 12.5. The fraction of sp³-hybridized carbons (Fsp3) is 0.438. The first kappa shape index (κ1) is 16.5. The van der Waals surface area contributed by atoms with Crippen molar-refractivity contribution in [3.63, 3.8) is 0 Å². The van der Waals surface area contributed by atoms with E-state index in [-0.39, 0.29) is 30.4 Å². The molecule has 0 bridgehead atoms. The van der Waals surface area contributed by atoms with Gasteiger partial charge in [0.25, 0.3) is 0 Å². The first-order valence-corrected chi connectivity index (χ1v) is 7.67. The van der Waals surface area contributed by atoms with Crippen molar-refractivity contribution in [1.82, 2.24) is 9.80 Å². The van der Waals surface area contributed by atoms with Crippen molar-refractivity contribution in [2.75, 3.05) is 26.2 Å². The fourth-order valence-corrected chi connectivity index (χ4v) is 2.56. The summed E-state index contributed by atoms with van der Waals surface area (Å²) in [5.74, 6) is -0.0667. The molecule has 1 aromatic rings. The standard InChI is InChI=1S/C16H19ClN2O3/c1-12(20)18-8-10-19(11-9-18)16(22)7-6-15(21)13-2-4-14(17)5-3-13/h2-5H,6-11H2,1H3. The van der Waals surface area contributed by atoms with Crippen LogP contribution in [0.4, 0.5) is 0 Å². The number of rotatable bonds is 4. The van der Waals surface area contributed by atoms with Crippen molar-refractivity contribution in [2.45, 2.75) is 19.8 Å². The number of ketones is 1. The van der Waals surface area contributed by atoms with Crippen molar-refractivity contribution in [3.05, 3.63) is 34.9 Å². The molecule has 1 aliphatic rings. The zero-order valence-corrected chi connectivity index (χ0v) is 13.3. The van der Waals surface area contributed by atoms with Crippen LogP contribution in [0.1, 0.15) is 30.1 Å². The molecule has 2 amide bonds. The molecule has 1 fully saturated rings. The van der Waals surface area contributed by atoms with Gasteiger partial charge in [0.15, 0.2) is 5.78 Å². The number of carbonyl (C=O) groups excluding carboxylic acids is 3. The number of carbonyl (C=O) groups is 3. The summed E-state index contributed by atoms with van der Waals surface area (Å²) in [6, 6.07) is 6.66. The molecule has 0 atom stereocenters. The molecule has 1 saturated heterocycles. The van der Waals surface area contributed by atoms with Crippen LogP contribution in [0.15, 0.2) is 24.3 Å². The molecule has 0 spiro atoms. The maximum absolute atomic E-state index is 12.1. The van der Waals surface area contributed by atoms with Crippen LogP contribution in [-0.2, 0) is 9.59 Å². The smallest absolute Gasteiger partial charge is 0.223 e. The highest BCUT2D eigenvalue weighted by Gasteiger charge is 2.22. The molecule has 1 heterocycles. The van der Waals surface area contributed by atoms with Gasteiger partial charge in [-0.3, -0.25) is 14.4 Å². The Morgan fingerprint density at radius 2 is 1.50 bits per heavy atom. The molecule has 5 nitrogen and oxygen atoms in total. The van der Waals surface area contributed by atoms with Crippen LogP contribution in [-0.4, -0.2) is 53.6 Å². The Kier molecular flexibility index (Phi) is 5.55. The molecule has 118 valence electrons. The third-order valence-electron chi connectivity index (χ3n) is 3.81. The van der Waals surface area contributed by atoms with Gasteiger partial charge < -0.3 is 9.80 Å². The second-order valence-corrected chi connectivity index (χ2v) is 5.75. The summed E-state index contributed by atoms with van der Waals surface area (Å²) in [7, 11) is 0. The van der Waals surface area contributed by atoms with Crippen LogP contribution >= 0.6 is 11.6 Å². The Morgan fingerprint density at radius 3 is 2.05 bits per heavy atom. The molecule has 2 rings (SSSR count). The lowest BCUT2D eigenvalue weighted by Gasteiger charge is -2.34. The third-order valence-corrected chi connectivity index (χ3v) is 4.06. The number of hydrogen-bond acceptors (Lipinski definition) is 3. The van der Waals surface area contributed by atoms with E-state index in [2.05, 4.69) is 0 Å². The molecule has 6 heteroatoms. The quantitative estimate of drug-likeness (QED) is 0.797. The van der Waals surface area contributed by atoms with Crippen molar-refractivity contribution >= 4 is 29.2 Å². The molecular weight excluding hydrogens is 304 g/mol. The Labute approximate surface area is 134 Å². The lowest BCUT2D eigenvalue weighted by molar-refractivity contribution is -0.138. The van der Waals surface area contributed by atoms with Gasteiger partial charge in [-0.1, -0.05) is 11.6 Å². The number of halogens is 1. The average Bonchev–Trinajstić information content (AvgIpc) is 2.53. The monoisotopic (exact) mass is 322 g/mol. The van der Waals surface area contributed by atoms with Crippen molar-refractivity contribution < 1.29 is 14.4 Å². The maximum atomic E-state index is 12.1. The van der Waals surface area contributed by atoms with Gasteiger partial charge in [-0.05, 0) is 24.3 Å². The first-order chi connectivity index (χ1) is 10.5. The number of piperazine rings is 1. The Balaban J connectivity index is 1.79. The summed E-state index contributed by atoms with van der Waals surface area (Å²) in [5.41, 5.74) is 0.568. The van der Waals surface area contributed by atoms with E-state index in [1.807, 2.05) is 0 Å². The molecule has 0 unspecified atom stereocenters. The van der Waals surface area contributed by atoms with Gasteiger partial charge in [-0.25, -0.2) is 0 Å². The number of Topliss-reactive ketones (excluding diaryl/α,β-unsaturated/α-hetero) is 1. The molecule has 1 aliphatic heterocycles. The van der Waals surface area contributed by atoms with E-state index in [9.17, 15) is 14.4 Å². The van der Waals surface area contributed by atoms with Crippen LogP contribution in [0.3, 0.4) is 0 Å². The molecular formula is C16H19ClN2O3. The van der Waals surface area contributed by atoms with E-state index in [1.54, 1.807) is 34.1 Å². The third kappa shape index (κ3) is 4.31. The highest BCUT2D eigenvalue weighted by molar-refractivity contribution is 6.30. The van der Waals surface area contributed by atoms with E-state index in [4.69, 9.17) is 11.6 Å². The Morgan fingerprint density at radius 1 is 0.955 bits per heavy atom. The highest BCUT2D eigenvalue weighted by Crippen LogP contribution is 2.13. The van der Waals surface area contributed by atoms with Gasteiger partial charge >= 0.3 is 0 Å². The Bertz CT molecular complexity index is 563. The lowest BCUT2D eigenvalue weighted by Crippen LogP contribution is -2.50. The SMILES string of the molecule is CC(=O)N1CCN(C(=O)CCC(=O)c2ccc(Cl)cc2)CC1. The zero-order chi connectivity index (χ0) is 16.1. The fourth-order valence-electron chi connectivity index (χ4n) is 2.43. The largest absolute Gasteiger partial charge is 0.339 e. The molecule has 1 aromatic carbocycles. The average molecular weight is 323 g/mol. The van der Waals surface area contributed by atoms with E-state index < -0.39 is 0 Å². The van der Waals surface area contributed by atoms with Gasteiger partial charge in [-0.15, -0.1) is 0 Å². The normalized spacial score (nSPS) is 14.8. The predicted octanol–water partition coefficient (Wildman–Crippen LogP) is 1.99. The van der Waals surface area contributed by atoms with E-state index >= 15 is 0 Å². The molecule has 0 aliphatic carbocycles. The second kappa shape index (κ2) is 7.40. The van der Waals surface area contributed by atoms with Gasteiger partial charge in [-0.2, -0.15) is 0 Å². The van der Waals surface area contributed by atoms with Gasteiger partial charge in [0, 0.05) is 56.5 Å². The first-order valence-electron chi connectivity index (χ1n) is 7.29. The maximum Gasteiger partial charge on any atom is 0.223 e. The number of amides is 2. The summed E-state index contributed by atoms with van der Waals surface area (Å²) in [5, 5.41) is 0.580. The molecule has 0 aromatic heterocycles. The van der Waals surface area contributed by atoms with Crippen LogP contribution in [0.5, 0.6) is 0 Å². The second-order valence-electron chi connectivity index (χ2n) is 5.32. The highest BCUT2D eigenvalue weighted by atomic mass is 35.5. The lowest BCUT2D eigenvalue weighted by atomic mass is 10.1. The summed E-state index contributed by atoms with van der Waals surface area (Å²) in [6.07, 6.45) is 0.384. The summed E-state index contributed by atoms with van der Waals surface area (Å²) < 4.78 is 0. The van der Waals surface area contributed by atoms with Crippen LogP contribution < -0.4 is 0 Å². The number of hydrogen-bond donors (Lipinski definition) is 0. The minimum Gasteiger partial charge on any atom is -0.339 e. The van der Waals surface area contributed by atoms with Crippen LogP contribution in [0.25, 0.3) is 0 Å². The van der Waals surface area contributed by atoms with E-state index in [0.717, 1.165) is 0 Å². The van der Waals surface area contributed by atoms with Gasteiger partial charge in [0.1, 0.15) is 0 Å². The summed E-state index contributed by atoms with van der Waals surface area (Å²) >= 11 is 5.78. The van der Waals surface area contributed by atoms with Crippen LogP contribution in [0, 0.1) is 0 Å². The van der Waals surface area contributed by atoms with Gasteiger partial charge in [0.05, 0.1) is 0 Å².